The first kappa shape index (κ1) is 17.7. The lowest BCUT2D eigenvalue weighted by molar-refractivity contribution is -0.137. The quantitative estimate of drug-likeness (QED) is 0.849. The Balaban J connectivity index is 2.25. The molecule has 7 heteroatoms. The molecule has 128 valence electrons. The van der Waals surface area contributed by atoms with Gasteiger partial charge in [-0.1, -0.05) is 13.8 Å². The zero-order chi connectivity index (χ0) is 17.0. The maximum absolute atomic E-state index is 12.8. The molecular formula is C16H23F3N4. The van der Waals surface area contributed by atoms with E-state index in [0.29, 0.717) is 23.4 Å². The molecule has 0 aliphatic heterocycles. The number of fused-ring (bicyclic) bond motifs is 1. The molecule has 0 saturated carbocycles. The smallest absolute Gasteiger partial charge is 0.327 e. The van der Waals surface area contributed by atoms with Crippen LogP contribution in [0.3, 0.4) is 0 Å². The molecule has 0 spiro atoms. The Bertz CT molecular complexity index is 645. The predicted molar refractivity (Wildman–Crippen MR) is 85.0 cm³/mol. The minimum Gasteiger partial charge on any atom is -0.327 e. The van der Waals surface area contributed by atoms with Crippen LogP contribution in [0.25, 0.3) is 11.0 Å². The highest BCUT2D eigenvalue weighted by molar-refractivity contribution is 5.77. The summed E-state index contributed by atoms with van der Waals surface area (Å²) < 4.78 is 40.4. The van der Waals surface area contributed by atoms with Crippen molar-refractivity contribution in [1.29, 1.82) is 0 Å². The number of imidazole rings is 1. The second-order valence-electron chi connectivity index (χ2n) is 5.47. The normalized spacial score (nSPS) is 12.5. The van der Waals surface area contributed by atoms with Gasteiger partial charge in [-0.05, 0) is 44.3 Å². The highest BCUT2D eigenvalue weighted by Crippen LogP contribution is 2.31. The molecule has 0 fully saturated rings. The summed E-state index contributed by atoms with van der Waals surface area (Å²) in [4.78, 5) is 6.58. The van der Waals surface area contributed by atoms with Crippen LogP contribution in [0.4, 0.5) is 13.2 Å². The number of hydrogen-bond donors (Lipinski definition) is 1. The predicted octanol–water partition coefficient (Wildman–Crippen LogP) is 3.25. The standard InChI is InChI=1S/C16H23F3N4/c1-3-22(4-2)8-5-9-23-14-7-6-12(16(17,18)19)10-13(14)21-15(23)11-20/h6-7,10H,3-5,8-9,11,20H2,1-2H3. The van der Waals surface area contributed by atoms with Crippen molar-refractivity contribution in [1.82, 2.24) is 14.5 Å². The number of halogens is 3. The molecule has 0 aliphatic carbocycles. The van der Waals surface area contributed by atoms with Gasteiger partial charge in [-0.25, -0.2) is 4.98 Å². The molecular weight excluding hydrogens is 305 g/mol. The molecule has 0 aliphatic rings. The first-order valence-corrected chi connectivity index (χ1v) is 7.89. The van der Waals surface area contributed by atoms with Crippen LogP contribution in [0.15, 0.2) is 18.2 Å². The Hall–Kier alpha value is -1.60. The van der Waals surface area contributed by atoms with E-state index in [-0.39, 0.29) is 6.54 Å². The minimum absolute atomic E-state index is 0.210. The fourth-order valence-corrected chi connectivity index (χ4v) is 2.75. The molecule has 1 heterocycles. The summed E-state index contributed by atoms with van der Waals surface area (Å²) in [5.41, 5.74) is 6.08. The third kappa shape index (κ3) is 4.03. The van der Waals surface area contributed by atoms with Gasteiger partial charge in [0, 0.05) is 6.54 Å². The molecule has 2 aromatic rings. The van der Waals surface area contributed by atoms with Crippen molar-refractivity contribution in [2.75, 3.05) is 19.6 Å². The van der Waals surface area contributed by atoms with Crippen LogP contribution in [0, 0.1) is 0 Å². The highest BCUT2D eigenvalue weighted by Gasteiger charge is 2.31. The van der Waals surface area contributed by atoms with Gasteiger partial charge in [-0.3, -0.25) is 0 Å². The number of nitrogens with two attached hydrogens (primary N) is 1. The van der Waals surface area contributed by atoms with Gasteiger partial charge in [-0.2, -0.15) is 13.2 Å². The summed E-state index contributed by atoms with van der Waals surface area (Å²) in [6.45, 7) is 8.05. The van der Waals surface area contributed by atoms with Crippen LogP contribution >= 0.6 is 0 Å². The van der Waals surface area contributed by atoms with E-state index >= 15 is 0 Å². The monoisotopic (exact) mass is 328 g/mol. The summed E-state index contributed by atoms with van der Waals surface area (Å²) >= 11 is 0. The summed E-state index contributed by atoms with van der Waals surface area (Å²) in [5, 5.41) is 0. The van der Waals surface area contributed by atoms with Gasteiger partial charge in [0.25, 0.3) is 0 Å². The second kappa shape index (κ2) is 7.31. The average molecular weight is 328 g/mol. The van der Waals surface area contributed by atoms with Crippen molar-refractivity contribution in [3.8, 4) is 0 Å². The van der Waals surface area contributed by atoms with Crippen LogP contribution in [-0.4, -0.2) is 34.1 Å². The molecule has 0 amide bonds. The molecule has 0 unspecified atom stereocenters. The summed E-state index contributed by atoms with van der Waals surface area (Å²) in [6.07, 6.45) is -3.45. The zero-order valence-electron chi connectivity index (χ0n) is 13.5. The Morgan fingerprint density at radius 3 is 2.48 bits per heavy atom. The Kier molecular flexibility index (Phi) is 5.64. The van der Waals surface area contributed by atoms with Gasteiger partial charge in [0.05, 0.1) is 23.1 Å². The summed E-state index contributed by atoms with van der Waals surface area (Å²) in [6, 6.07) is 3.68. The van der Waals surface area contributed by atoms with Crippen molar-refractivity contribution in [2.24, 2.45) is 5.73 Å². The fraction of sp³-hybridized carbons (Fsp3) is 0.562. The highest BCUT2D eigenvalue weighted by atomic mass is 19.4. The molecule has 0 bridgehead atoms. The fourth-order valence-electron chi connectivity index (χ4n) is 2.75. The molecule has 23 heavy (non-hydrogen) atoms. The molecule has 0 atom stereocenters. The largest absolute Gasteiger partial charge is 0.416 e. The van der Waals surface area contributed by atoms with Gasteiger partial charge < -0.3 is 15.2 Å². The number of aromatic nitrogens is 2. The number of benzene rings is 1. The zero-order valence-corrected chi connectivity index (χ0v) is 13.5. The van der Waals surface area contributed by atoms with E-state index in [9.17, 15) is 13.2 Å². The van der Waals surface area contributed by atoms with Crippen LogP contribution in [0.1, 0.15) is 31.7 Å². The van der Waals surface area contributed by atoms with Crippen molar-refractivity contribution in [3.05, 3.63) is 29.6 Å². The van der Waals surface area contributed by atoms with Crippen LogP contribution in [0.5, 0.6) is 0 Å². The SMILES string of the molecule is CCN(CC)CCCn1c(CN)nc2cc(C(F)(F)F)ccc21. The maximum Gasteiger partial charge on any atom is 0.416 e. The molecule has 0 saturated heterocycles. The Morgan fingerprint density at radius 2 is 1.91 bits per heavy atom. The lowest BCUT2D eigenvalue weighted by atomic mass is 10.2. The second-order valence-corrected chi connectivity index (χ2v) is 5.47. The van der Waals surface area contributed by atoms with E-state index in [1.807, 2.05) is 4.57 Å². The number of hydrogen-bond acceptors (Lipinski definition) is 3. The van der Waals surface area contributed by atoms with E-state index in [0.717, 1.165) is 38.2 Å². The summed E-state index contributed by atoms with van der Waals surface area (Å²) in [5.74, 6) is 0.624. The van der Waals surface area contributed by atoms with E-state index in [1.165, 1.54) is 6.07 Å². The lowest BCUT2D eigenvalue weighted by Crippen LogP contribution is -2.25. The third-order valence-corrected chi connectivity index (χ3v) is 4.09. The van der Waals surface area contributed by atoms with Crippen molar-refractivity contribution in [3.63, 3.8) is 0 Å². The lowest BCUT2D eigenvalue weighted by Gasteiger charge is -2.18. The third-order valence-electron chi connectivity index (χ3n) is 4.09. The van der Waals surface area contributed by atoms with Gasteiger partial charge in [0.15, 0.2) is 0 Å². The van der Waals surface area contributed by atoms with Crippen molar-refractivity contribution in [2.45, 2.75) is 39.5 Å². The topological polar surface area (TPSA) is 47.1 Å². The average Bonchev–Trinajstić information content (AvgIpc) is 2.88. The van der Waals surface area contributed by atoms with Crippen LogP contribution in [-0.2, 0) is 19.3 Å². The van der Waals surface area contributed by atoms with Crippen molar-refractivity contribution < 1.29 is 13.2 Å². The van der Waals surface area contributed by atoms with E-state index in [4.69, 9.17) is 5.73 Å². The first-order chi connectivity index (χ1) is 10.9. The molecule has 1 aromatic carbocycles. The van der Waals surface area contributed by atoms with Gasteiger partial charge in [0.1, 0.15) is 5.82 Å². The van der Waals surface area contributed by atoms with Crippen LogP contribution in [0.2, 0.25) is 0 Å². The maximum atomic E-state index is 12.8. The van der Waals surface area contributed by atoms with E-state index in [2.05, 4.69) is 23.7 Å². The molecule has 0 radical (unpaired) electrons. The van der Waals surface area contributed by atoms with Crippen LogP contribution < -0.4 is 5.73 Å². The van der Waals surface area contributed by atoms with Crippen molar-refractivity contribution >= 4 is 11.0 Å². The van der Waals surface area contributed by atoms with E-state index < -0.39 is 11.7 Å². The molecule has 2 rings (SSSR count). The Labute approximate surface area is 134 Å². The minimum atomic E-state index is -4.36. The van der Waals surface area contributed by atoms with Gasteiger partial charge >= 0.3 is 6.18 Å². The molecule has 1 aromatic heterocycles. The number of rotatable bonds is 7. The number of aryl methyl sites for hydroxylation is 1. The first-order valence-electron chi connectivity index (χ1n) is 7.89. The molecule has 4 nitrogen and oxygen atoms in total. The number of nitrogens with zero attached hydrogens (tertiary/aromatic N) is 3. The van der Waals surface area contributed by atoms with Gasteiger partial charge in [0.2, 0.25) is 0 Å². The molecule has 2 N–H and O–H groups in total. The van der Waals surface area contributed by atoms with Gasteiger partial charge in [-0.15, -0.1) is 0 Å². The Morgan fingerprint density at radius 1 is 1.22 bits per heavy atom. The van der Waals surface area contributed by atoms with E-state index in [1.54, 1.807) is 0 Å². The number of alkyl halides is 3. The summed E-state index contributed by atoms with van der Waals surface area (Å²) in [7, 11) is 0.